The van der Waals surface area contributed by atoms with Crippen molar-refractivity contribution in [3.8, 4) is 11.5 Å². The molecule has 1 aliphatic heterocycles. The summed E-state index contributed by atoms with van der Waals surface area (Å²) in [5.74, 6) is -3.11. The predicted octanol–water partition coefficient (Wildman–Crippen LogP) is 5.17. The van der Waals surface area contributed by atoms with Crippen LogP contribution < -0.4 is 9.47 Å². The number of amides is 1. The highest BCUT2D eigenvalue weighted by Crippen LogP contribution is 2.47. The predicted molar refractivity (Wildman–Crippen MR) is 128 cm³/mol. The van der Waals surface area contributed by atoms with Crippen molar-refractivity contribution >= 4 is 40.7 Å². The second kappa shape index (κ2) is 9.93. The normalized spacial score (nSPS) is 17.1. The summed E-state index contributed by atoms with van der Waals surface area (Å²) in [7, 11) is 2.66. The summed E-state index contributed by atoms with van der Waals surface area (Å²) < 4.78 is 25.5. The van der Waals surface area contributed by atoms with Gasteiger partial charge in [0.2, 0.25) is 0 Å². The average molecular weight is 517 g/mol. The number of methoxy groups -OCH3 is 2. The van der Waals surface area contributed by atoms with Crippen LogP contribution in [0.5, 0.6) is 11.5 Å². The molecule has 0 spiro atoms. The van der Waals surface area contributed by atoms with Crippen LogP contribution in [0.15, 0.2) is 60.4 Å². The zero-order valence-electron chi connectivity index (χ0n) is 18.6. The average Bonchev–Trinajstić information content (AvgIpc) is 3.09. The first kappa shape index (κ1) is 24.5. The summed E-state index contributed by atoms with van der Waals surface area (Å²) in [4.78, 5) is 31.6. The number of hydrogen-bond donors (Lipinski definition) is 1. The Balaban J connectivity index is 1.97. The van der Waals surface area contributed by atoms with E-state index in [9.17, 15) is 19.1 Å². The number of Topliss-reactive ketones (excluding diaryl/α,β-unsaturated/α-hetero) is 1. The SMILES string of the molecule is COc1c(Cl)cc(/C(O)=C2\C(=O)C(=O)N(Cc3cccnc3)C2c2ccccc2F)c(OC)c1Cl. The summed E-state index contributed by atoms with van der Waals surface area (Å²) in [5, 5.41) is 11.3. The first-order chi connectivity index (χ1) is 16.8. The second-order valence-electron chi connectivity index (χ2n) is 7.60. The third-order valence-corrected chi connectivity index (χ3v) is 6.23. The van der Waals surface area contributed by atoms with Crippen molar-refractivity contribution in [3.63, 3.8) is 0 Å². The number of rotatable bonds is 6. The van der Waals surface area contributed by atoms with Gasteiger partial charge in [0.05, 0.1) is 36.4 Å². The third-order valence-electron chi connectivity index (χ3n) is 5.61. The monoisotopic (exact) mass is 516 g/mol. The van der Waals surface area contributed by atoms with E-state index in [0.29, 0.717) is 5.56 Å². The molecule has 0 bridgehead atoms. The number of benzene rings is 2. The fourth-order valence-corrected chi connectivity index (χ4v) is 4.73. The van der Waals surface area contributed by atoms with E-state index in [1.807, 2.05) is 0 Å². The second-order valence-corrected chi connectivity index (χ2v) is 8.38. The van der Waals surface area contributed by atoms with E-state index in [2.05, 4.69) is 4.98 Å². The molecule has 1 N–H and O–H groups in total. The Kier molecular flexibility index (Phi) is 6.95. The largest absolute Gasteiger partial charge is 0.507 e. The summed E-state index contributed by atoms with van der Waals surface area (Å²) in [5.41, 5.74) is 0.259. The molecule has 1 unspecified atom stereocenters. The highest BCUT2D eigenvalue weighted by Gasteiger charge is 2.47. The zero-order chi connectivity index (χ0) is 25.3. The first-order valence-electron chi connectivity index (χ1n) is 10.3. The van der Waals surface area contributed by atoms with Crippen LogP contribution in [0.25, 0.3) is 5.76 Å². The number of aromatic nitrogens is 1. The van der Waals surface area contributed by atoms with E-state index in [1.165, 1.54) is 49.6 Å². The van der Waals surface area contributed by atoms with Gasteiger partial charge in [0.1, 0.15) is 16.6 Å². The van der Waals surface area contributed by atoms with Crippen LogP contribution >= 0.6 is 23.2 Å². The number of carbonyl (C=O) groups is 2. The number of ketones is 1. The van der Waals surface area contributed by atoms with Crippen LogP contribution in [0.2, 0.25) is 10.0 Å². The molecular formula is C25H19Cl2FN2O5. The highest BCUT2D eigenvalue weighted by atomic mass is 35.5. The van der Waals surface area contributed by atoms with Gasteiger partial charge in [-0.25, -0.2) is 4.39 Å². The molecule has 2 aromatic carbocycles. The molecule has 0 radical (unpaired) electrons. The molecule has 180 valence electrons. The molecule has 35 heavy (non-hydrogen) atoms. The minimum absolute atomic E-state index is 0.0295. The lowest BCUT2D eigenvalue weighted by molar-refractivity contribution is -0.140. The van der Waals surface area contributed by atoms with Gasteiger partial charge in [0.15, 0.2) is 11.5 Å². The maximum absolute atomic E-state index is 15.0. The lowest BCUT2D eigenvalue weighted by Crippen LogP contribution is -2.29. The lowest BCUT2D eigenvalue weighted by atomic mass is 9.94. The molecule has 1 aromatic heterocycles. The Morgan fingerprint density at radius 2 is 1.83 bits per heavy atom. The van der Waals surface area contributed by atoms with Crippen LogP contribution in [0, 0.1) is 5.82 Å². The standard InChI is InChI=1S/C25H19Cl2FN2O5/c1-34-23-15(10-16(26)24(35-2)19(23)27)21(31)18-20(14-7-3-4-8-17(14)28)30(25(33)22(18)32)12-13-6-5-9-29-11-13/h3-11,20,31H,12H2,1-2H3/b21-18+. The molecule has 7 nitrogen and oxygen atoms in total. The Morgan fingerprint density at radius 1 is 1.11 bits per heavy atom. The number of halogens is 3. The summed E-state index contributed by atoms with van der Waals surface area (Å²) >= 11 is 12.6. The Hall–Kier alpha value is -3.62. The highest BCUT2D eigenvalue weighted by molar-refractivity contribution is 6.47. The van der Waals surface area contributed by atoms with Gasteiger partial charge in [-0.3, -0.25) is 14.6 Å². The van der Waals surface area contributed by atoms with Crippen LogP contribution in [-0.4, -0.2) is 40.9 Å². The lowest BCUT2D eigenvalue weighted by Gasteiger charge is -2.26. The number of carbonyl (C=O) groups excluding carboxylic acids is 2. The van der Waals surface area contributed by atoms with Crippen LogP contribution in [0.1, 0.15) is 22.7 Å². The molecule has 1 amide bonds. The first-order valence-corrected chi connectivity index (χ1v) is 11.1. The molecule has 4 rings (SSSR count). The molecular weight excluding hydrogens is 498 g/mol. The van der Waals surface area contributed by atoms with Gasteiger partial charge >= 0.3 is 0 Å². The zero-order valence-corrected chi connectivity index (χ0v) is 20.1. The van der Waals surface area contributed by atoms with E-state index in [4.69, 9.17) is 32.7 Å². The molecule has 0 saturated carbocycles. The number of aliphatic hydroxyl groups excluding tert-OH is 1. The van der Waals surface area contributed by atoms with Crippen molar-refractivity contribution < 1.29 is 28.6 Å². The van der Waals surface area contributed by atoms with Crippen molar-refractivity contribution in [2.75, 3.05) is 14.2 Å². The minimum Gasteiger partial charge on any atom is -0.507 e. The minimum atomic E-state index is -1.24. The van der Waals surface area contributed by atoms with Gasteiger partial charge in [0, 0.05) is 24.5 Å². The Labute approximate surface area is 210 Å². The molecule has 2 heterocycles. The van der Waals surface area contributed by atoms with Crippen LogP contribution in [0.4, 0.5) is 4.39 Å². The molecule has 3 aromatic rings. The molecule has 1 atom stereocenters. The van der Waals surface area contributed by atoms with E-state index >= 15 is 0 Å². The van der Waals surface area contributed by atoms with Gasteiger partial charge in [-0.1, -0.05) is 47.5 Å². The van der Waals surface area contributed by atoms with Crippen molar-refractivity contribution in [2.45, 2.75) is 12.6 Å². The van der Waals surface area contributed by atoms with Crippen molar-refractivity contribution in [3.05, 3.63) is 93.0 Å². The molecule has 0 aliphatic carbocycles. The molecule has 1 fully saturated rings. The number of aliphatic hydroxyl groups is 1. The molecule has 10 heteroatoms. The van der Waals surface area contributed by atoms with Gasteiger partial charge in [-0.2, -0.15) is 0 Å². The van der Waals surface area contributed by atoms with Gasteiger partial charge in [-0.15, -0.1) is 0 Å². The van der Waals surface area contributed by atoms with E-state index in [1.54, 1.807) is 24.4 Å². The van der Waals surface area contributed by atoms with Crippen molar-refractivity contribution in [2.24, 2.45) is 0 Å². The Morgan fingerprint density at radius 3 is 2.46 bits per heavy atom. The number of pyridine rings is 1. The number of hydrogen-bond acceptors (Lipinski definition) is 6. The van der Waals surface area contributed by atoms with Crippen LogP contribution in [-0.2, 0) is 16.1 Å². The fourth-order valence-electron chi connectivity index (χ4n) is 4.04. The van der Waals surface area contributed by atoms with E-state index < -0.39 is 29.3 Å². The topological polar surface area (TPSA) is 89.0 Å². The van der Waals surface area contributed by atoms with Gasteiger partial charge < -0.3 is 19.5 Å². The molecule has 1 aliphatic rings. The quantitative estimate of drug-likeness (QED) is 0.276. The summed E-state index contributed by atoms with van der Waals surface area (Å²) in [6.45, 7) is -0.0462. The third kappa shape index (κ3) is 4.31. The molecule has 1 saturated heterocycles. The maximum Gasteiger partial charge on any atom is 0.295 e. The summed E-state index contributed by atoms with van der Waals surface area (Å²) in [6, 6.07) is 9.17. The number of ether oxygens (including phenoxy) is 2. The smallest absolute Gasteiger partial charge is 0.295 e. The maximum atomic E-state index is 15.0. The van der Waals surface area contributed by atoms with Crippen molar-refractivity contribution in [1.82, 2.24) is 9.88 Å². The fraction of sp³-hybridized carbons (Fsp3) is 0.160. The number of likely N-dealkylation sites (tertiary alicyclic amines) is 1. The Bertz CT molecular complexity index is 1350. The van der Waals surface area contributed by atoms with Crippen LogP contribution in [0.3, 0.4) is 0 Å². The van der Waals surface area contributed by atoms with Crippen molar-refractivity contribution in [1.29, 1.82) is 0 Å². The summed E-state index contributed by atoms with van der Waals surface area (Å²) in [6.07, 6.45) is 3.10. The van der Waals surface area contributed by atoms with E-state index in [0.717, 1.165) is 0 Å². The van der Waals surface area contributed by atoms with Gasteiger partial charge in [0.25, 0.3) is 11.7 Å². The van der Waals surface area contributed by atoms with E-state index in [-0.39, 0.29) is 44.8 Å². The van der Waals surface area contributed by atoms with Gasteiger partial charge in [-0.05, 0) is 23.8 Å². The number of nitrogens with zero attached hydrogens (tertiary/aromatic N) is 2.